The summed E-state index contributed by atoms with van der Waals surface area (Å²) in [5, 5.41) is 12.5. The van der Waals surface area contributed by atoms with Crippen LogP contribution in [-0.2, 0) is 6.42 Å². The van der Waals surface area contributed by atoms with Crippen molar-refractivity contribution in [2.45, 2.75) is 13.3 Å². The number of hydrogen-bond donors (Lipinski definition) is 2. The van der Waals surface area contributed by atoms with Gasteiger partial charge in [-0.2, -0.15) is 0 Å². The lowest BCUT2D eigenvalue weighted by Gasteiger charge is -2.13. The Morgan fingerprint density at radius 3 is 2.58 bits per heavy atom. The molecule has 26 heavy (non-hydrogen) atoms. The highest BCUT2D eigenvalue weighted by Gasteiger charge is 2.15. The first-order chi connectivity index (χ1) is 12.5. The SMILES string of the molecule is C=CCc1c(C)nc(-c2ccc(Cl)o2)nc1Nc1ccc(C(=O)O)cc1. The van der Waals surface area contributed by atoms with Gasteiger partial charge in [-0.1, -0.05) is 6.08 Å². The quantitative estimate of drug-likeness (QED) is 0.603. The lowest BCUT2D eigenvalue weighted by atomic mass is 10.1. The van der Waals surface area contributed by atoms with Crippen molar-refractivity contribution in [3.63, 3.8) is 0 Å². The van der Waals surface area contributed by atoms with Crippen molar-refractivity contribution in [1.82, 2.24) is 9.97 Å². The van der Waals surface area contributed by atoms with Crippen molar-refractivity contribution < 1.29 is 14.3 Å². The third kappa shape index (κ3) is 3.75. The van der Waals surface area contributed by atoms with E-state index in [1.165, 1.54) is 12.1 Å². The second-order valence-electron chi connectivity index (χ2n) is 5.56. The number of furan rings is 1. The molecule has 7 heteroatoms. The number of carboxylic acids is 1. The van der Waals surface area contributed by atoms with E-state index in [0.29, 0.717) is 29.5 Å². The Hall–Kier alpha value is -3.12. The number of carbonyl (C=O) groups is 1. The van der Waals surface area contributed by atoms with Crippen molar-refractivity contribution in [3.8, 4) is 11.6 Å². The molecular formula is C19H16ClN3O3. The lowest BCUT2D eigenvalue weighted by Crippen LogP contribution is -2.05. The van der Waals surface area contributed by atoms with Gasteiger partial charge in [-0.3, -0.25) is 0 Å². The van der Waals surface area contributed by atoms with Crippen LogP contribution in [0.25, 0.3) is 11.6 Å². The van der Waals surface area contributed by atoms with Gasteiger partial charge >= 0.3 is 5.97 Å². The van der Waals surface area contributed by atoms with Crippen LogP contribution in [0.3, 0.4) is 0 Å². The van der Waals surface area contributed by atoms with Crippen LogP contribution in [0.5, 0.6) is 0 Å². The van der Waals surface area contributed by atoms with Crippen molar-refractivity contribution in [2.24, 2.45) is 0 Å². The van der Waals surface area contributed by atoms with Gasteiger partial charge < -0.3 is 14.8 Å². The number of carboxylic acid groups (broad SMARTS) is 1. The largest absolute Gasteiger partial charge is 0.478 e. The Morgan fingerprint density at radius 1 is 1.27 bits per heavy atom. The van der Waals surface area contributed by atoms with Crippen LogP contribution in [0.4, 0.5) is 11.5 Å². The summed E-state index contributed by atoms with van der Waals surface area (Å²) >= 11 is 5.84. The van der Waals surface area contributed by atoms with Crippen LogP contribution in [0.2, 0.25) is 5.22 Å². The van der Waals surface area contributed by atoms with E-state index in [1.54, 1.807) is 30.3 Å². The number of allylic oxidation sites excluding steroid dienone is 1. The third-order valence-corrected chi connectivity index (χ3v) is 3.95. The zero-order chi connectivity index (χ0) is 18.7. The van der Waals surface area contributed by atoms with Crippen LogP contribution in [0.15, 0.2) is 53.5 Å². The van der Waals surface area contributed by atoms with E-state index in [9.17, 15) is 4.79 Å². The Bertz CT molecular complexity index is 965. The molecule has 0 aliphatic carbocycles. The predicted octanol–water partition coefficient (Wildman–Crippen LogP) is 4.87. The van der Waals surface area contributed by atoms with Gasteiger partial charge in [0.1, 0.15) is 5.82 Å². The minimum absolute atomic E-state index is 0.214. The number of aryl methyl sites for hydroxylation is 1. The smallest absolute Gasteiger partial charge is 0.335 e. The van der Waals surface area contributed by atoms with Crippen molar-refractivity contribution >= 4 is 29.1 Å². The van der Waals surface area contributed by atoms with Gasteiger partial charge in [0.15, 0.2) is 16.8 Å². The van der Waals surface area contributed by atoms with E-state index in [1.807, 2.05) is 6.92 Å². The summed E-state index contributed by atoms with van der Waals surface area (Å²) in [6.07, 6.45) is 2.36. The Kier molecular flexibility index (Phi) is 5.04. The number of benzene rings is 1. The summed E-state index contributed by atoms with van der Waals surface area (Å²) in [4.78, 5) is 20.0. The monoisotopic (exact) mass is 369 g/mol. The highest BCUT2D eigenvalue weighted by Crippen LogP contribution is 2.28. The number of aromatic carboxylic acids is 1. The van der Waals surface area contributed by atoms with Gasteiger partial charge in [-0.25, -0.2) is 14.8 Å². The molecule has 0 saturated heterocycles. The molecule has 0 aliphatic heterocycles. The van der Waals surface area contributed by atoms with Gasteiger partial charge in [0, 0.05) is 16.9 Å². The number of nitrogens with one attached hydrogen (secondary N) is 1. The van der Waals surface area contributed by atoms with E-state index in [0.717, 1.165) is 11.3 Å². The number of hydrogen-bond acceptors (Lipinski definition) is 5. The summed E-state index contributed by atoms with van der Waals surface area (Å²) in [6.45, 7) is 5.66. The minimum atomic E-state index is -0.973. The molecule has 0 aliphatic rings. The number of aromatic nitrogens is 2. The van der Waals surface area contributed by atoms with Crippen LogP contribution in [0.1, 0.15) is 21.6 Å². The fourth-order valence-electron chi connectivity index (χ4n) is 2.47. The van der Waals surface area contributed by atoms with Gasteiger partial charge in [0.25, 0.3) is 0 Å². The molecule has 3 rings (SSSR count). The summed E-state index contributed by atoms with van der Waals surface area (Å²) in [6, 6.07) is 9.75. The third-order valence-electron chi connectivity index (χ3n) is 3.75. The fourth-order valence-corrected chi connectivity index (χ4v) is 2.61. The van der Waals surface area contributed by atoms with Crippen molar-refractivity contribution in [3.05, 3.63) is 71.1 Å². The predicted molar refractivity (Wildman–Crippen MR) is 100 cm³/mol. The molecule has 0 fully saturated rings. The first kappa shape index (κ1) is 17.7. The number of nitrogens with zero attached hydrogens (tertiary/aromatic N) is 2. The molecular weight excluding hydrogens is 354 g/mol. The Labute approximate surface area is 155 Å². The topological polar surface area (TPSA) is 88.3 Å². The molecule has 0 saturated carbocycles. The molecule has 3 aromatic rings. The van der Waals surface area contributed by atoms with E-state index < -0.39 is 5.97 Å². The number of anilines is 2. The summed E-state index contributed by atoms with van der Waals surface area (Å²) < 4.78 is 5.40. The second-order valence-corrected chi connectivity index (χ2v) is 5.94. The number of rotatable bonds is 6. The van der Waals surface area contributed by atoms with Crippen molar-refractivity contribution in [2.75, 3.05) is 5.32 Å². The maximum absolute atomic E-state index is 11.0. The zero-order valence-corrected chi connectivity index (χ0v) is 14.7. The van der Waals surface area contributed by atoms with Gasteiger partial charge in [-0.05, 0) is 61.3 Å². The van der Waals surface area contributed by atoms with Crippen LogP contribution in [0, 0.1) is 6.92 Å². The minimum Gasteiger partial charge on any atom is -0.478 e. The molecule has 0 radical (unpaired) electrons. The van der Waals surface area contributed by atoms with E-state index in [4.69, 9.17) is 21.1 Å². The van der Waals surface area contributed by atoms with E-state index >= 15 is 0 Å². The van der Waals surface area contributed by atoms with E-state index in [-0.39, 0.29) is 10.8 Å². The summed E-state index contributed by atoms with van der Waals surface area (Å²) in [5.41, 5.74) is 2.60. The molecule has 6 nitrogen and oxygen atoms in total. The molecule has 0 bridgehead atoms. The number of halogens is 1. The molecule has 0 atom stereocenters. The lowest BCUT2D eigenvalue weighted by molar-refractivity contribution is 0.0697. The maximum atomic E-state index is 11.0. The average molecular weight is 370 g/mol. The van der Waals surface area contributed by atoms with E-state index in [2.05, 4.69) is 21.9 Å². The maximum Gasteiger partial charge on any atom is 0.335 e. The van der Waals surface area contributed by atoms with Gasteiger partial charge in [0.2, 0.25) is 0 Å². The van der Waals surface area contributed by atoms with Gasteiger partial charge in [0.05, 0.1) is 5.56 Å². The highest BCUT2D eigenvalue weighted by atomic mass is 35.5. The molecule has 132 valence electrons. The fraction of sp³-hybridized carbons (Fsp3) is 0.105. The van der Waals surface area contributed by atoms with Crippen LogP contribution in [-0.4, -0.2) is 21.0 Å². The van der Waals surface area contributed by atoms with Crippen molar-refractivity contribution in [1.29, 1.82) is 0 Å². The normalized spacial score (nSPS) is 10.5. The summed E-state index contributed by atoms with van der Waals surface area (Å²) in [5.74, 6) is 0.501. The zero-order valence-electron chi connectivity index (χ0n) is 14.0. The van der Waals surface area contributed by atoms with Gasteiger partial charge in [-0.15, -0.1) is 6.58 Å². The standard InChI is InChI=1S/C19H16ClN3O3/c1-3-4-14-11(2)21-18(15-9-10-16(20)26-15)23-17(14)22-13-7-5-12(6-8-13)19(24)25/h3,5-10H,1,4H2,2H3,(H,24,25)(H,21,22,23). The first-order valence-electron chi connectivity index (χ1n) is 7.82. The molecule has 1 aromatic carbocycles. The molecule has 2 heterocycles. The second kappa shape index (κ2) is 7.41. The molecule has 2 N–H and O–H groups in total. The van der Waals surface area contributed by atoms with Crippen LogP contribution >= 0.6 is 11.6 Å². The molecule has 2 aromatic heterocycles. The highest BCUT2D eigenvalue weighted by molar-refractivity contribution is 6.28. The molecule has 0 spiro atoms. The average Bonchev–Trinajstić information content (AvgIpc) is 3.04. The molecule has 0 unspecified atom stereocenters. The Balaban J connectivity index is 2.01. The summed E-state index contributed by atoms with van der Waals surface area (Å²) in [7, 11) is 0. The first-order valence-corrected chi connectivity index (χ1v) is 8.20. The Morgan fingerprint density at radius 2 is 2.00 bits per heavy atom. The molecule has 0 amide bonds. The van der Waals surface area contributed by atoms with Crippen LogP contribution < -0.4 is 5.32 Å².